The number of halogens is 1. The number of carbonyl (C=O) groups is 2. The Bertz CT molecular complexity index is 761. The molecule has 4 atom stereocenters. The fourth-order valence-corrected chi connectivity index (χ4v) is 5.89. The molecule has 3 aliphatic heterocycles. The smallest absolute Gasteiger partial charge is 0.414 e. The number of cyclic esters (lactones) is 1. The number of nitrogens with two attached hydrogens (primary N) is 1. The van der Waals surface area contributed by atoms with Crippen molar-refractivity contribution < 1.29 is 18.7 Å². The van der Waals surface area contributed by atoms with E-state index >= 15 is 0 Å². The molecule has 3 fully saturated rings. The normalized spacial score (nSPS) is 27.8. The van der Waals surface area contributed by atoms with Crippen LogP contribution in [0.3, 0.4) is 0 Å². The standard InChI is InChI=1S/C20H26FN3O3S/c1-2-12(19(22)25)7-16-9-23(20(26)27-16)13-5-6-18(17(21)8-13)24-14-3-4-15(24)11-28-10-14/h5-6,8,12,14-16H,2-4,7,9-11H2,1H3,(H2,22,25)/t12?,14-,15+,16-/m0/s1. The van der Waals surface area contributed by atoms with E-state index in [0.29, 0.717) is 42.8 Å². The fraction of sp³-hybridized carbons (Fsp3) is 0.600. The molecule has 3 aliphatic rings. The van der Waals surface area contributed by atoms with Crippen molar-refractivity contribution in [1.82, 2.24) is 0 Å². The number of thioether (sulfide) groups is 1. The highest BCUT2D eigenvalue weighted by Gasteiger charge is 2.39. The molecular formula is C20H26FN3O3S. The monoisotopic (exact) mass is 407 g/mol. The summed E-state index contributed by atoms with van der Waals surface area (Å²) in [5.74, 6) is 1.05. The van der Waals surface area contributed by atoms with Crippen LogP contribution in [0.2, 0.25) is 0 Å². The van der Waals surface area contributed by atoms with Gasteiger partial charge < -0.3 is 15.4 Å². The average Bonchev–Trinajstić information content (AvgIpc) is 3.14. The van der Waals surface area contributed by atoms with Gasteiger partial charge in [-0.1, -0.05) is 6.92 Å². The van der Waals surface area contributed by atoms with E-state index in [9.17, 15) is 14.0 Å². The highest BCUT2D eigenvalue weighted by molar-refractivity contribution is 7.99. The zero-order valence-electron chi connectivity index (χ0n) is 16.0. The van der Waals surface area contributed by atoms with E-state index in [4.69, 9.17) is 10.5 Å². The number of carbonyl (C=O) groups excluding carboxylic acids is 2. The summed E-state index contributed by atoms with van der Waals surface area (Å²) >= 11 is 1.94. The summed E-state index contributed by atoms with van der Waals surface area (Å²) in [6.07, 6.45) is 2.29. The van der Waals surface area contributed by atoms with E-state index in [0.717, 1.165) is 24.3 Å². The molecular weight excluding hydrogens is 381 g/mol. The number of hydrogen-bond acceptors (Lipinski definition) is 5. The Morgan fingerprint density at radius 1 is 1.36 bits per heavy atom. The molecule has 0 radical (unpaired) electrons. The molecule has 0 spiro atoms. The number of benzene rings is 1. The highest BCUT2D eigenvalue weighted by atomic mass is 32.2. The zero-order valence-corrected chi connectivity index (χ0v) is 16.8. The molecule has 4 rings (SSSR count). The second kappa shape index (κ2) is 7.81. The summed E-state index contributed by atoms with van der Waals surface area (Å²) in [6.45, 7) is 2.18. The number of fused-ring (bicyclic) bond motifs is 2. The van der Waals surface area contributed by atoms with Crippen LogP contribution in [-0.4, -0.2) is 48.2 Å². The van der Waals surface area contributed by atoms with E-state index in [1.165, 1.54) is 11.0 Å². The highest BCUT2D eigenvalue weighted by Crippen LogP contribution is 2.40. The van der Waals surface area contributed by atoms with Crippen molar-refractivity contribution in [1.29, 1.82) is 0 Å². The number of primary amides is 1. The second-order valence-corrected chi connectivity index (χ2v) is 8.90. The van der Waals surface area contributed by atoms with Crippen molar-refractivity contribution in [3.05, 3.63) is 24.0 Å². The number of rotatable bonds is 6. The molecule has 6 nitrogen and oxygen atoms in total. The number of ether oxygens (including phenoxy) is 1. The van der Waals surface area contributed by atoms with Gasteiger partial charge in [0.05, 0.1) is 17.9 Å². The van der Waals surface area contributed by atoms with Crippen LogP contribution in [0.25, 0.3) is 0 Å². The van der Waals surface area contributed by atoms with Gasteiger partial charge in [0.25, 0.3) is 0 Å². The first-order valence-corrected chi connectivity index (χ1v) is 11.1. The van der Waals surface area contributed by atoms with Gasteiger partial charge in [-0.15, -0.1) is 0 Å². The van der Waals surface area contributed by atoms with Gasteiger partial charge in [-0.25, -0.2) is 9.18 Å². The van der Waals surface area contributed by atoms with E-state index in [-0.39, 0.29) is 17.6 Å². The van der Waals surface area contributed by atoms with Crippen molar-refractivity contribution in [2.45, 2.75) is 50.8 Å². The number of anilines is 2. The lowest BCUT2D eigenvalue weighted by Gasteiger charge is -2.36. The zero-order chi connectivity index (χ0) is 19.8. The summed E-state index contributed by atoms with van der Waals surface area (Å²) in [6, 6.07) is 5.78. The molecule has 3 saturated heterocycles. The summed E-state index contributed by atoms with van der Waals surface area (Å²) in [7, 11) is 0. The Labute approximate surface area is 168 Å². The largest absolute Gasteiger partial charge is 0.444 e. The third-order valence-corrected chi connectivity index (χ3v) is 7.32. The minimum absolute atomic E-state index is 0.299. The first-order valence-electron chi connectivity index (χ1n) is 9.91. The second-order valence-electron chi connectivity index (χ2n) is 7.83. The molecule has 152 valence electrons. The molecule has 8 heteroatoms. The molecule has 2 bridgehead atoms. The summed E-state index contributed by atoms with van der Waals surface area (Å²) in [4.78, 5) is 27.4. The van der Waals surface area contributed by atoms with E-state index in [1.807, 2.05) is 18.7 Å². The maximum Gasteiger partial charge on any atom is 0.414 e. The SMILES string of the molecule is CCC(C[C@H]1CN(c2ccc(N3[C@@H]4CC[C@H]3CSC4)c(F)c2)C(=O)O1)C(N)=O. The van der Waals surface area contributed by atoms with Gasteiger partial charge in [-0.3, -0.25) is 9.69 Å². The molecule has 1 aromatic rings. The van der Waals surface area contributed by atoms with Crippen LogP contribution in [0.1, 0.15) is 32.6 Å². The maximum atomic E-state index is 15.0. The van der Waals surface area contributed by atoms with Crippen LogP contribution >= 0.6 is 11.8 Å². The van der Waals surface area contributed by atoms with E-state index in [2.05, 4.69) is 4.90 Å². The van der Waals surface area contributed by atoms with Crippen LogP contribution in [0.4, 0.5) is 20.6 Å². The van der Waals surface area contributed by atoms with Gasteiger partial charge in [-0.05, 0) is 43.9 Å². The van der Waals surface area contributed by atoms with E-state index in [1.54, 1.807) is 12.1 Å². The van der Waals surface area contributed by atoms with Crippen LogP contribution in [0.5, 0.6) is 0 Å². The van der Waals surface area contributed by atoms with Crippen molar-refractivity contribution in [2.75, 3.05) is 27.9 Å². The average molecular weight is 408 g/mol. The topological polar surface area (TPSA) is 75.9 Å². The lowest BCUT2D eigenvalue weighted by molar-refractivity contribution is -0.122. The summed E-state index contributed by atoms with van der Waals surface area (Å²) in [5.41, 5.74) is 6.50. The summed E-state index contributed by atoms with van der Waals surface area (Å²) < 4.78 is 20.4. The Morgan fingerprint density at radius 2 is 2.07 bits per heavy atom. The van der Waals surface area contributed by atoms with Gasteiger partial charge >= 0.3 is 6.09 Å². The third-order valence-electron chi connectivity index (χ3n) is 6.08. The Hall–Kier alpha value is -1.96. The molecule has 2 N–H and O–H groups in total. The van der Waals surface area contributed by atoms with Gasteiger partial charge in [-0.2, -0.15) is 11.8 Å². The van der Waals surface area contributed by atoms with Crippen molar-refractivity contribution in [3.8, 4) is 0 Å². The molecule has 1 aromatic carbocycles. The Kier molecular flexibility index (Phi) is 5.40. The molecule has 0 saturated carbocycles. The van der Waals surface area contributed by atoms with Crippen LogP contribution in [0.15, 0.2) is 18.2 Å². The molecule has 3 heterocycles. The lowest BCUT2D eigenvalue weighted by Crippen LogP contribution is -2.43. The van der Waals surface area contributed by atoms with Crippen LogP contribution < -0.4 is 15.5 Å². The number of amides is 2. The minimum atomic E-state index is -0.508. The van der Waals surface area contributed by atoms with E-state index < -0.39 is 12.2 Å². The minimum Gasteiger partial charge on any atom is -0.444 e. The quantitative estimate of drug-likeness (QED) is 0.784. The summed E-state index contributed by atoms with van der Waals surface area (Å²) in [5, 5.41) is 0. The lowest BCUT2D eigenvalue weighted by atomic mass is 9.98. The number of nitrogens with zero attached hydrogens (tertiary/aromatic N) is 2. The van der Waals surface area contributed by atoms with Gasteiger partial charge in [0.15, 0.2) is 0 Å². The first kappa shape index (κ1) is 19.4. The van der Waals surface area contributed by atoms with Crippen LogP contribution in [-0.2, 0) is 9.53 Å². The van der Waals surface area contributed by atoms with Crippen LogP contribution in [0, 0.1) is 11.7 Å². The van der Waals surface area contributed by atoms with Gasteiger partial charge in [0, 0.05) is 29.5 Å². The van der Waals surface area contributed by atoms with Gasteiger partial charge in [0.1, 0.15) is 11.9 Å². The fourth-order valence-electron chi connectivity index (χ4n) is 4.55. The van der Waals surface area contributed by atoms with Crippen molar-refractivity contribution >= 4 is 35.1 Å². The number of hydrogen-bond donors (Lipinski definition) is 1. The molecule has 28 heavy (non-hydrogen) atoms. The molecule has 2 amide bonds. The van der Waals surface area contributed by atoms with Crippen molar-refractivity contribution in [2.24, 2.45) is 11.7 Å². The maximum absolute atomic E-state index is 15.0. The predicted molar refractivity (Wildman–Crippen MR) is 108 cm³/mol. The predicted octanol–water partition coefficient (Wildman–Crippen LogP) is 3.14. The molecule has 0 aromatic heterocycles. The van der Waals surface area contributed by atoms with Gasteiger partial charge in [0.2, 0.25) is 5.91 Å². The Balaban J connectivity index is 1.48. The molecule has 0 aliphatic carbocycles. The first-order chi connectivity index (χ1) is 13.5. The third kappa shape index (κ3) is 3.54. The van der Waals surface area contributed by atoms with Crippen molar-refractivity contribution in [3.63, 3.8) is 0 Å². The Morgan fingerprint density at radius 3 is 2.68 bits per heavy atom. The molecule has 1 unspecified atom stereocenters.